The quantitative estimate of drug-likeness (QED) is 0.786. The van der Waals surface area contributed by atoms with Crippen LogP contribution in [0.1, 0.15) is 18.1 Å². The Hall–Kier alpha value is -0.930. The molecule has 1 fully saturated rings. The molecule has 0 radical (unpaired) electrons. The lowest BCUT2D eigenvalue weighted by atomic mass is 10.2. The smallest absolute Gasteiger partial charge is 0.0313 e. The first-order chi connectivity index (χ1) is 7.24. The van der Waals surface area contributed by atoms with Gasteiger partial charge in [0, 0.05) is 44.6 Å². The van der Waals surface area contributed by atoms with Crippen molar-refractivity contribution in [1.29, 1.82) is 0 Å². The lowest BCUT2D eigenvalue weighted by molar-refractivity contribution is 0.199. The summed E-state index contributed by atoms with van der Waals surface area (Å²) < 4.78 is 0. The summed E-state index contributed by atoms with van der Waals surface area (Å²) in [7, 11) is 0. The minimum atomic E-state index is 0.608. The minimum Gasteiger partial charge on any atom is -0.312 e. The highest BCUT2D eigenvalue weighted by Gasteiger charge is 2.15. The Morgan fingerprint density at radius 3 is 3.13 bits per heavy atom. The third kappa shape index (κ3) is 3.01. The van der Waals surface area contributed by atoms with Gasteiger partial charge in [-0.1, -0.05) is 6.07 Å². The Kier molecular flexibility index (Phi) is 3.34. The van der Waals surface area contributed by atoms with Crippen molar-refractivity contribution in [3.8, 4) is 0 Å². The molecule has 15 heavy (non-hydrogen) atoms. The van der Waals surface area contributed by atoms with Crippen molar-refractivity contribution in [1.82, 2.24) is 15.2 Å². The van der Waals surface area contributed by atoms with Gasteiger partial charge in [-0.2, -0.15) is 0 Å². The molecule has 1 N–H and O–H groups in total. The van der Waals surface area contributed by atoms with Gasteiger partial charge in [-0.05, 0) is 25.0 Å². The van der Waals surface area contributed by atoms with Gasteiger partial charge in [0.05, 0.1) is 0 Å². The lowest BCUT2D eigenvalue weighted by Gasteiger charge is -2.31. The Morgan fingerprint density at radius 1 is 1.53 bits per heavy atom. The molecule has 1 aromatic rings. The fourth-order valence-electron chi connectivity index (χ4n) is 2.12. The molecule has 3 heteroatoms. The fraction of sp³-hybridized carbons (Fsp3) is 0.583. The molecule has 0 amide bonds. The molecule has 0 aromatic carbocycles. The molecular formula is C12H19N3. The number of nitrogens with zero attached hydrogens (tertiary/aromatic N) is 2. The van der Waals surface area contributed by atoms with Crippen molar-refractivity contribution >= 4 is 0 Å². The van der Waals surface area contributed by atoms with Crippen molar-refractivity contribution < 1.29 is 0 Å². The first-order valence-electron chi connectivity index (χ1n) is 5.60. The average Bonchev–Trinajstić information content (AvgIpc) is 2.17. The molecule has 1 aliphatic heterocycles. The van der Waals surface area contributed by atoms with E-state index in [9.17, 15) is 0 Å². The van der Waals surface area contributed by atoms with Crippen LogP contribution in [0.25, 0.3) is 0 Å². The summed E-state index contributed by atoms with van der Waals surface area (Å²) in [5, 5.41) is 3.45. The first-order valence-corrected chi connectivity index (χ1v) is 5.60. The van der Waals surface area contributed by atoms with Crippen LogP contribution >= 0.6 is 0 Å². The molecule has 0 aliphatic carbocycles. The second-order valence-electron chi connectivity index (χ2n) is 4.46. The Morgan fingerprint density at radius 2 is 2.40 bits per heavy atom. The predicted octanol–water partition coefficient (Wildman–Crippen LogP) is 1.18. The van der Waals surface area contributed by atoms with Gasteiger partial charge in [-0.15, -0.1) is 0 Å². The van der Waals surface area contributed by atoms with Crippen LogP contribution in [-0.4, -0.2) is 35.6 Å². The number of aryl methyl sites for hydroxylation is 1. The Labute approximate surface area is 91.5 Å². The summed E-state index contributed by atoms with van der Waals surface area (Å²) >= 11 is 0. The van der Waals surface area contributed by atoms with Crippen LogP contribution < -0.4 is 5.32 Å². The van der Waals surface area contributed by atoms with Gasteiger partial charge in [0.25, 0.3) is 0 Å². The van der Waals surface area contributed by atoms with E-state index in [1.165, 1.54) is 11.1 Å². The second kappa shape index (κ2) is 4.73. The molecule has 1 atom stereocenters. The van der Waals surface area contributed by atoms with Crippen LogP contribution in [-0.2, 0) is 6.54 Å². The van der Waals surface area contributed by atoms with Crippen LogP contribution in [0.2, 0.25) is 0 Å². The van der Waals surface area contributed by atoms with Crippen molar-refractivity contribution in [2.24, 2.45) is 0 Å². The molecule has 1 unspecified atom stereocenters. The molecule has 3 nitrogen and oxygen atoms in total. The maximum Gasteiger partial charge on any atom is 0.0313 e. The normalized spacial score (nSPS) is 22.9. The van der Waals surface area contributed by atoms with Crippen molar-refractivity contribution in [3.63, 3.8) is 0 Å². The van der Waals surface area contributed by atoms with E-state index in [2.05, 4.69) is 35.1 Å². The molecule has 2 rings (SSSR count). The summed E-state index contributed by atoms with van der Waals surface area (Å²) in [4.78, 5) is 6.71. The largest absolute Gasteiger partial charge is 0.312 e. The number of hydrogen-bond acceptors (Lipinski definition) is 3. The highest BCUT2D eigenvalue weighted by Crippen LogP contribution is 2.07. The molecule has 0 spiro atoms. The first kappa shape index (κ1) is 10.6. The van der Waals surface area contributed by atoms with Gasteiger partial charge in [0.1, 0.15) is 0 Å². The zero-order valence-corrected chi connectivity index (χ0v) is 9.53. The number of pyridine rings is 1. The number of piperazine rings is 1. The molecule has 82 valence electrons. The number of aromatic nitrogens is 1. The van der Waals surface area contributed by atoms with Crippen molar-refractivity contribution in [2.45, 2.75) is 26.4 Å². The monoisotopic (exact) mass is 205 g/mol. The summed E-state index contributed by atoms with van der Waals surface area (Å²) in [5.41, 5.74) is 2.57. The van der Waals surface area contributed by atoms with E-state index in [-0.39, 0.29) is 0 Å². The van der Waals surface area contributed by atoms with Gasteiger partial charge in [0.2, 0.25) is 0 Å². The van der Waals surface area contributed by atoms with E-state index in [4.69, 9.17) is 0 Å². The van der Waals surface area contributed by atoms with Gasteiger partial charge in [0.15, 0.2) is 0 Å². The van der Waals surface area contributed by atoms with Crippen LogP contribution in [0, 0.1) is 6.92 Å². The molecule has 0 bridgehead atoms. The summed E-state index contributed by atoms with van der Waals surface area (Å²) in [5.74, 6) is 0. The highest BCUT2D eigenvalue weighted by molar-refractivity contribution is 5.16. The fourth-order valence-corrected chi connectivity index (χ4v) is 2.12. The summed E-state index contributed by atoms with van der Waals surface area (Å²) in [6.07, 6.45) is 3.88. The topological polar surface area (TPSA) is 28.2 Å². The van der Waals surface area contributed by atoms with Gasteiger partial charge < -0.3 is 5.32 Å². The van der Waals surface area contributed by atoms with Gasteiger partial charge in [-0.25, -0.2) is 0 Å². The van der Waals surface area contributed by atoms with Crippen LogP contribution in [0.3, 0.4) is 0 Å². The Balaban J connectivity index is 1.96. The van der Waals surface area contributed by atoms with Crippen LogP contribution in [0.15, 0.2) is 18.5 Å². The van der Waals surface area contributed by atoms with Gasteiger partial charge in [-0.3, -0.25) is 9.88 Å². The van der Waals surface area contributed by atoms with E-state index < -0.39 is 0 Å². The van der Waals surface area contributed by atoms with Crippen molar-refractivity contribution in [3.05, 3.63) is 29.6 Å². The van der Waals surface area contributed by atoms with Gasteiger partial charge >= 0.3 is 0 Å². The van der Waals surface area contributed by atoms with E-state index in [1.807, 2.05) is 12.4 Å². The molecule has 1 aromatic heterocycles. The molecule has 1 saturated heterocycles. The molecule has 0 saturated carbocycles. The number of nitrogens with one attached hydrogen (secondary N) is 1. The van der Waals surface area contributed by atoms with Crippen molar-refractivity contribution in [2.75, 3.05) is 19.6 Å². The van der Waals surface area contributed by atoms with E-state index in [0.717, 1.165) is 26.2 Å². The van der Waals surface area contributed by atoms with E-state index in [1.54, 1.807) is 0 Å². The van der Waals surface area contributed by atoms with Crippen LogP contribution in [0.4, 0.5) is 0 Å². The highest BCUT2D eigenvalue weighted by atomic mass is 15.2. The molecular weight excluding hydrogens is 186 g/mol. The predicted molar refractivity (Wildman–Crippen MR) is 61.7 cm³/mol. The van der Waals surface area contributed by atoms with E-state index in [0.29, 0.717) is 6.04 Å². The average molecular weight is 205 g/mol. The number of hydrogen-bond donors (Lipinski definition) is 1. The standard InChI is InChI=1S/C12H19N3/c1-10-5-12(7-13-6-10)9-15-4-3-14-11(2)8-15/h5-7,11,14H,3-4,8-9H2,1-2H3. The minimum absolute atomic E-state index is 0.608. The number of rotatable bonds is 2. The zero-order valence-electron chi connectivity index (χ0n) is 9.53. The second-order valence-corrected chi connectivity index (χ2v) is 4.46. The lowest BCUT2D eigenvalue weighted by Crippen LogP contribution is -2.48. The zero-order chi connectivity index (χ0) is 10.7. The maximum atomic E-state index is 4.23. The maximum absolute atomic E-state index is 4.23. The summed E-state index contributed by atoms with van der Waals surface area (Å²) in [6.45, 7) is 8.73. The molecule has 2 heterocycles. The Bertz CT molecular complexity index is 324. The third-order valence-electron chi connectivity index (χ3n) is 2.79. The summed E-state index contributed by atoms with van der Waals surface area (Å²) in [6, 6.07) is 2.83. The van der Waals surface area contributed by atoms with Crippen LogP contribution in [0.5, 0.6) is 0 Å². The SMILES string of the molecule is Cc1cncc(CN2CCNC(C)C2)c1. The van der Waals surface area contributed by atoms with E-state index >= 15 is 0 Å². The molecule has 1 aliphatic rings. The third-order valence-corrected chi connectivity index (χ3v) is 2.79.